The van der Waals surface area contributed by atoms with Gasteiger partial charge in [0.25, 0.3) is 0 Å². The first-order valence-corrected chi connectivity index (χ1v) is 7.79. The van der Waals surface area contributed by atoms with Gasteiger partial charge in [0.15, 0.2) is 0 Å². The van der Waals surface area contributed by atoms with E-state index in [9.17, 15) is 4.79 Å². The molecule has 0 spiro atoms. The second kappa shape index (κ2) is 5.47. The normalized spacial score (nSPS) is 29.5. The van der Waals surface area contributed by atoms with Crippen LogP contribution in [0, 0.1) is 11.8 Å². The van der Waals surface area contributed by atoms with Gasteiger partial charge in [-0.05, 0) is 43.7 Å². The molecule has 1 amide bonds. The third-order valence-corrected chi connectivity index (χ3v) is 5.03. The monoisotopic (exact) mass is 272 g/mol. The highest BCUT2D eigenvalue weighted by molar-refractivity contribution is 5.81. The van der Waals surface area contributed by atoms with Crippen LogP contribution in [0.15, 0.2) is 24.3 Å². The summed E-state index contributed by atoms with van der Waals surface area (Å²) in [4.78, 5) is 14.9. The number of amides is 1. The van der Waals surface area contributed by atoms with Gasteiger partial charge in [0.1, 0.15) is 0 Å². The lowest BCUT2D eigenvalue weighted by Gasteiger charge is -2.40. The summed E-state index contributed by atoms with van der Waals surface area (Å²) in [6, 6.07) is 8.71. The van der Waals surface area contributed by atoms with Gasteiger partial charge in [0, 0.05) is 24.8 Å². The number of anilines is 1. The zero-order valence-corrected chi connectivity index (χ0v) is 12.4. The van der Waals surface area contributed by atoms with Gasteiger partial charge in [-0.25, -0.2) is 0 Å². The number of likely N-dealkylation sites (tertiary alicyclic amines) is 1. The van der Waals surface area contributed by atoms with Crippen LogP contribution in [0.3, 0.4) is 0 Å². The van der Waals surface area contributed by atoms with Crippen LogP contribution in [-0.2, 0) is 11.2 Å². The summed E-state index contributed by atoms with van der Waals surface area (Å²) in [6.45, 7) is 6.17. The number of carbonyl (C=O) groups is 1. The van der Waals surface area contributed by atoms with Gasteiger partial charge in [-0.15, -0.1) is 0 Å². The van der Waals surface area contributed by atoms with Crippen molar-refractivity contribution >= 4 is 11.6 Å². The number of piperidine rings is 1. The molecule has 3 atom stereocenters. The topological polar surface area (TPSA) is 32.3 Å². The van der Waals surface area contributed by atoms with Gasteiger partial charge < -0.3 is 10.2 Å². The van der Waals surface area contributed by atoms with E-state index in [1.54, 1.807) is 0 Å². The molecule has 1 fully saturated rings. The van der Waals surface area contributed by atoms with Crippen molar-refractivity contribution in [1.82, 2.24) is 4.90 Å². The van der Waals surface area contributed by atoms with Crippen molar-refractivity contribution in [3.63, 3.8) is 0 Å². The fourth-order valence-corrected chi connectivity index (χ4v) is 3.50. The van der Waals surface area contributed by atoms with Crippen molar-refractivity contribution in [2.24, 2.45) is 11.8 Å². The Balaban J connectivity index is 1.72. The minimum Gasteiger partial charge on any atom is -0.384 e. The minimum absolute atomic E-state index is 0.0950. The van der Waals surface area contributed by atoms with E-state index >= 15 is 0 Å². The molecule has 0 aliphatic carbocycles. The van der Waals surface area contributed by atoms with Crippen molar-refractivity contribution in [1.29, 1.82) is 0 Å². The van der Waals surface area contributed by atoms with Crippen LogP contribution >= 0.6 is 0 Å². The number of rotatable bonds is 1. The average molecular weight is 272 g/mol. The predicted molar refractivity (Wildman–Crippen MR) is 81.7 cm³/mol. The van der Waals surface area contributed by atoms with E-state index in [0.717, 1.165) is 25.9 Å². The maximum atomic E-state index is 12.8. The summed E-state index contributed by atoms with van der Waals surface area (Å²) in [7, 11) is 0. The van der Waals surface area contributed by atoms with Gasteiger partial charge in [0.2, 0.25) is 5.91 Å². The first-order valence-electron chi connectivity index (χ1n) is 7.79. The highest BCUT2D eigenvalue weighted by Gasteiger charge is 2.33. The van der Waals surface area contributed by atoms with Crippen molar-refractivity contribution < 1.29 is 4.79 Å². The van der Waals surface area contributed by atoms with Crippen LogP contribution in [0.25, 0.3) is 0 Å². The molecule has 3 unspecified atom stereocenters. The van der Waals surface area contributed by atoms with E-state index in [-0.39, 0.29) is 5.92 Å². The molecule has 3 heteroatoms. The van der Waals surface area contributed by atoms with Crippen LogP contribution < -0.4 is 5.32 Å². The first-order chi connectivity index (χ1) is 9.66. The Morgan fingerprint density at radius 2 is 2.10 bits per heavy atom. The van der Waals surface area contributed by atoms with Crippen LogP contribution in [0.1, 0.15) is 32.3 Å². The molecule has 0 saturated carbocycles. The summed E-state index contributed by atoms with van der Waals surface area (Å²) in [6.07, 6.45) is 3.27. The third kappa shape index (κ3) is 2.41. The SMILES string of the molecule is CC1CCCN(C(=O)C2CNc3ccccc3C2)C1C. The smallest absolute Gasteiger partial charge is 0.228 e. The Bertz CT molecular complexity index is 500. The van der Waals surface area contributed by atoms with Crippen LogP contribution in [0.5, 0.6) is 0 Å². The third-order valence-electron chi connectivity index (χ3n) is 5.03. The standard InChI is InChI=1S/C17H24N2O/c1-12-6-5-9-19(13(12)2)17(20)15-10-14-7-3-4-8-16(14)18-11-15/h3-4,7-8,12-13,15,18H,5-6,9-11H2,1-2H3. The lowest BCUT2D eigenvalue weighted by molar-refractivity contribution is -0.139. The van der Waals surface area contributed by atoms with Crippen LogP contribution in [0.2, 0.25) is 0 Å². The fourth-order valence-electron chi connectivity index (χ4n) is 3.50. The molecule has 20 heavy (non-hydrogen) atoms. The maximum Gasteiger partial charge on any atom is 0.228 e. The number of hydrogen-bond donors (Lipinski definition) is 1. The zero-order chi connectivity index (χ0) is 14.1. The zero-order valence-electron chi connectivity index (χ0n) is 12.4. The molecule has 0 aromatic heterocycles. The summed E-state index contributed by atoms with van der Waals surface area (Å²) in [5.74, 6) is 1.06. The van der Waals surface area contributed by atoms with Gasteiger partial charge in [-0.3, -0.25) is 4.79 Å². The van der Waals surface area contributed by atoms with E-state index in [4.69, 9.17) is 0 Å². The molecule has 2 aliphatic heterocycles. The Morgan fingerprint density at radius 1 is 1.30 bits per heavy atom. The van der Waals surface area contributed by atoms with Crippen LogP contribution in [0.4, 0.5) is 5.69 Å². The second-order valence-electron chi connectivity index (χ2n) is 6.33. The first kappa shape index (κ1) is 13.5. The number of nitrogens with one attached hydrogen (secondary N) is 1. The number of benzene rings is 1. The summed E-state index contributed by atoms with van der Waals surface area (Å²) in [5, 5.41) is 3.41. The summed E-state index contributed by atoms with van der Waals surface area (Å²) in [5.41, 5.74) is 2.46. The molecular formula is C17H24N2O. The molecule has 108 valence electrons. The fraction of sp³-hybridized carbons (Fsp3) is 0.588. The largest absolute Gasteiger partial charge is 0.384 e. The van der Waals surface area contributed by atoms with E-state index < -0.39 is 0 Å². The van der Waals surface area contributed by atoms with Crippen molar-refractivity contribution in [2.45, 2.75) is 39.2 Å². The maximum absolute atomic E-state index is 12.8. The molecule has 1 aromatic carbocycles. The molecular weight excluding hydrogens is 248 g/mol. The van der Waals surface area contributed by atoms with Gasteiger partial charge in [-0.1, -0.05) is 25.1 Å². The molecule has 1 aromatic rings. The summed E-state index contributed by atoms with van der Waals surface area (Å²) >= 11 is 0. The molecule has 3 rings (SSSR count). The van der Waals surface area contributed by atoms with Gasteiger partial charge in [-0.2, -0.15) is 0 Å². The molecule has 3 nitrogen and oxygen atoms in total. The predicted octanol–water partition coefficient (Wildman–Crippen LogP) is 2.92. The Kier molecular flexibility index (Phi) is 3.68. The number of nitrogens with zero attached hydrogens (tertiary/aromatic N) is 1. The van der Waals surface area contributed by atoms with Gasteiger partial charge in [0.05, 0.1) is 5.92 Å². The Labute approximate surface area is 121 Å². The van der Waals surface area contributed by atoms with Gasteiger partial charge >= 0.3 is 0 Å². The number of hydrogen-bond acceptors (Lipinski definition) is 2. The van der Waals surface area contributed by atoms with Crippen molar-refractivity contribution in [3.05, 3.63) is 29.8 Å². The molecule has 1 N–H and O–H groups in total. The lowest BCUT2D eigenvalue weighted by Crippen LogP contribution is -2.50. The highest BCUT2D eigenvalue weighted by Crippen LogP contribution is 2.29. The molecule has 2 aliphatic rings. The summed E-state index contributed by atoms with van der Waals surface area (Å²) < 4.78 is 0. The highest BCUT2D eigenvalue weighted by atomic mass is 16.2. The molecule has 1 saturated heterocycles. The molecule has 2 heterocycles. The van der Waals surface area contributed by atoms with E-state index in [1.807, 2.05) is 6.07 Å². The second-order valence-corrected chi connectivity index (χ2v) is 6.33. The molecule has 0 radical (unpaired) electrons. The van der Waals surface area contributed by atoms with E-state index in [1.165, 1.54) is 17.7 Å². The lowest BCUT2D eigenvalue weighted by atomic mass is 9.88. The number of fused-ring (bicyclic) bond motifs is 1. The Morgan fingerprint density at radius 3 is 2.95 bits per heavy atom. The minimum atomic E-state index is 0.0950. The Hall–Kier alpha value is -1.51. The van der Waals surface area contributed by atoms with Crippen LogP contribution in [-0.4, -0.2) is 29.9 Å². The molecule has 0 bridgehead atoms. The van der Waals surface area contributed by atoms with E-state index in [0.29, 0.717) is 17.9 Å². The number of carbonyl (C=O) groups excluding carboxylic acids is 1. The van der Waals surface area contributed by atoms with Crippen molar-refractivity contribution in [3.8, 4) is 0 Å². The number of para-hydroxylation sites is 1. The van der Waals surface area contributed by atoms with Crippen molar-refractivity contribution in [2.75, 3.05) is 18.4 Å². The van der Waals surface area contributed by atoms with E-state index in [2.05, 4.69) is 42.3 Å². The quantitative estimate of drug-likeness (QED) is 0.852. The average Bonchev–Trinajstić information content (AvgIpc) is 2.49.